The molecule has 3 fully saturated rings. The average molecular weight is 326 g/mol. The molecule has 3 aliphatic heterocycles. The third-order valence-corrected chi connectivity index (χ3v) is 4.96. The molecule has 0 aromatic rings. The van der Waals surface area contributed by atoms with Crippen molar-refractivity contribution in [2.24, 2.45) is 0 Å². The lowest BCUT2D eigenvalue weighted by atomic mass is 9.95. The molecule has 0 saturated carbocycles. The van der Waals surface area contributed by atoms with Gasteiger partial charge in [0.15, 0.2) is 0 Å². The summed E-state index contributed by atoms with van der Waals surface area (Å²) in [6.07, 6.45) is 3.13. The van der Waals surface area contributed by atoms with E-state index < -0.39 is 5.60 Å². The smallest absolute Gasteiger partial charge is 0.410 e. The Morgan fingerprint density at radius 2 is 1.83 bits per heavy atom. The zero-order valence-corrected chi connectivity index (χ0v) is 14.6. The van der Waals surface area contributed by atoms with Crippen LogP contribution in [0.5, 0.6) is 0 Å². The number of rotatable bonds is 1. The fourth-order valence-corrected chi connectivity index (χ4v) is 3.87. The summed E-state index contributed by atoms with van der Waals surface area (Å²) >= 11 is 0. The molecule has 3 aliphatic rings. The molecule has 0 aromatic carbocycles. The minimum Gasteiger partial charge on any atom is -0.444 e. The van der Waals surface area contributed by atoms with E-state index in [-0.39, 0.29) is 12.2 Å². The van der Waals surface area contributed by atoms with Crippen molar-refractivity contribution in [3.8, 4) is 0 Å². The molecule has 3 saturated heterocycles. The lowest BCUT2D eigenvalue weighted by molar-refractivity contribution is -0.148. The Hall–Kier alpha value is -0.850. The second kappa shape index (κ2) is 6.95. The molecule has 132 valence electrons. The van der Waals surface area contributed by atoms with Crippen molar-refractivity contribution in [3.05, 3.63) is 0 Å². The fourth-order valence-electron chi connectivity index (χ4n) is 3.87. The lowest BCUT2D eigenvalue weighted by Gasteiger charge is -2.48. The van der Waals surface area contributed by atoms with Crippen molar-refractivity contribution in [3.63, 3.8) is 0 Å². The number of carbonyl (C=O) groups excluding carboxylic acids is 1. The SMILES string of the molecule is CC(C)(C)OC(=O)N1CCC(N2CCO[C@H]3COCC[C@H]32)CC1. The van der Waals surface area contributed by atoms with Crippen molar-refractivity contribution in [1.82, 2.24) is 9.80 Å². The van der Waals surface area contributed by atoms with Gasteiger partial charge in [0.25, 0.3) is 0 Å². The standard InChI is InChI=1S/C17H30N2O4/c1-17(2,3)23-16(20)18-7-4-13(5-8-18)19-9-11-22-15-12-21-10-6-14(15)19/h13-15H,4-12H2,1-3H3/t14-,15+/m1/s1. The molecule has 0 bridgehead atoms. The Bertz CT molecular complexity index is 413. The van der Waals surface area contributed by atoms with Gasteiger partial charge in [-0.25, -0.2) is 4.79 Å². The normalized spacial score (nSPS) is 30.8. The van der Waals surface area contributed by atoms with E-state index in [1.807, 2.05) is 25.7 Å². The predicted molar refractivity (Wildman–Crippen MR) is 86.5 cm³/mol. The zero-order valence-electron chi connectivity index (χ0n) is 14.6. The molecule has 6 heteroatoms. The van der Waals surface area contributed by atoms with Crippen LogP contribution in [0.25, 0.3) is 0 Å². The van der Waals surface area contributed by atoms with Crippen molar-refractivity contribution < 1.29 is 19.0 Å². The molecule has 2 atom stereocenters. The van der Waals surface area contributed by atoms with Crippen molar-refractivity contribution in [2.45, 2.75) is 63.8 Å². The Morgan fingerprint density at radius 3 is 2.52 bits per heavy atom. The fraction of sp³-hybridized carbons (Fsp3) is 0.941. The second-order valence-electron chi connectivity index (χ2n) is 7.78. The van der Waals surface area contributed by atoms with E-state index >= 15 is 0 Å². The van der Waals surface area contributed by atoms with Gasteiger partial charge in [-0.05, 0) is 40.0 Å². The van der Waals surface area contributed by atoms with Gasteiger partial charge in [0.05, 0.1) is 19.3 Å². The summed E-state index contributed by atoms with van der Waals surface area (Å²) in [5.74, 6) is 0. The number of amides is 1. The highest BCUT2D eigenvalue weighted by atomic mass is 16.6. The summed E-state index contributed by atoms with van der Waals surface area (Å²) in [6.45, 7) is 10.6. The van der Waals surface area contributed by atoms with Gasteiger partial charge >= 0.3 is 6.09 Å². The van der Waals surface area contributed by atoms with E-state index in [0.29, 0.717) is 12.1 Å². The molecule has 0 N–H and O–H groups in total. The number of likely N-dealkylation sites (tertiary alicyclic amines) is 1. The molecule has 0 aliphatic carbocycles. The third-order valence-electron chi connectivity index (χ3n) is 4.96. The quantitative estimate of drug-likeness (QED) is 0.736. The van der Waals surface area contributed by atoms with Crippen LogP contribution in [0.1, 0.15) is 40.0 Å². The van der Waals surface area contributed by atoms with Crippen molar-refractivity contribution in [1.29, 1.82) is 0 Å². The maximum atomic E-state index is 12.2. The van der Waals surface area contributed by atoms with Crippen molar-refractivity contribution >= 4 is 6.09 Å². The average Bonchev–Trinajstić information content (AvgIpc) is 2.53. The Labute approximate surface area is 139 Å². The Balaban J connectivity index is 1.53. The van der Waals surface area contributed by atoms with E-state index in [2.05, 4.69) is 4.90 Å². The maximum Gasteiger partial charge on any atom is 0.410 e. The van der Waals surface area contributed by atoms with E-state index in [1.54, 1.807) is 0 Å². The van der Waals surface area contributed by atoms with Crippen LogP contribution in [0.15, 0.2) is 0 Å². The number of carbonyl (C=O) groups is 1. The molecule has 6 nitrogen and oxygen atoms in total. The van der Waals surface area contributed by atoms with E-state index in [0.717, 1.165) is 58.7 Å². The summed E-state index contributed by atoms with van der Waals surface area (Å²) in [5.41, 5.74) is -0.423. The summed E-state index contributed by atoms with van der Waals surface area (Å²) < 4.78 is 16.9. The van der Waals surface area contributed by atoms with Crippen LogP contribution in [-0.2, 0) is 14.2 Å². The molecule has 0 spiro atoms. The predicted octanol–water partition coefficient (Wildman–Crippen LogP) is 1.88. The first kappa shape index (κ1) is 17.0. The third kappa shape index (κ3) is 4.17. The lowest BCUT2D eigenvalue weighted by Crippen LogP contribution is -2.60. The molecule has 3 heterocycles. The van der Waals surface area contributed by atoms with Gasteiger partial charge < -0.3 is 19.1 Å². The minimum atomic E-state index is -0.423. The summed E-state index contributed by atoms with van der Waals surface area (Å²) in [7, 11) is 0. The molecule has 23 heavy (non-hydrogen) atoms. The molecule has 3 rings (SSSR count). The topological polar surface area (TPSA) is 51.2 Å². The van der Waals surface area contributed by atoms with Crippen LogP contribution in [0.3, 0.4) is 0 Å². The first-order chi connectivity index (χ1) is 10.9. The summed E-state index contributed by atoms with van der Waals surface area (Å²) in [6, 6.07) is 1.03. The van der Waals surface area contributed by atoms with Gasteiger partial charge in [0.2, 0.25) is 0 Å². The molecule has 0 aromatic heterocycles. The number of ether oxygens (including phenoxy) is 3. The monoisotopic (exact) mass is 326 g/mol. The highest BCUT2D eigenvalue weighted by Gasteiger charge is 2.39. The van der Waals surface area contributed by atoms with E-state index in [1.165, 1.54) is 0 Å². The zero-order chi connectivity index (χ0) is 16.4. The number of nitrogens with zero attached hydrogens (tertiary/aromatic N) is 2. The van der Waals surface area contributed by atoms with E-state index in [4.69, 9.17) is 14.2 Å². The van der Waals surface area contributed by atoms with E-state index in [9.17, 15) is 4.79 Å². The number of piperidine rings is 1. The molecular weight excluding hydrogens is 296 g/mol. The van der Waals surface area contributed by atoms with Crippen LogP contribution in [0, 0.1) is 0 Å². The summed E-state index contributed by atoms with van der Waals surface area (Å²) in [4.78, 5) is 16.6. The minimum absolute atomic E-state index is 0.179. The van der Waals surface area contributed by atoms with Crippen molar-refractivity contribution in [2.75, 3.05) is 39.5 Å². The van der Waals surface area contributed by atoms with Gasteiger partial charge in [-0.2, -0.15) is 0 Å². The van der Waals surface area contributed by atoms with Gasteiger partial charge in [0, 0.05) is 38.3 Å². The van der Waals surface area contributed by atoms with Gasteiger partial charge in [0.1, 0.15) is 5.60 Å². The molecular formula is C17H30N2O4. The first-order valence-corrected chi connectivity index (χ1v) is 8.87. The number of hydrogen-bond acceptors (Lipinski definition) is 5. The Kier molecular flexibility index (Phi) is 5.13. The van der Waals surface area contributed by atoms with Gasteiger partial charge in [-0.15, -0.1) is 0 Å². The maximum absolute atomic E-state index is 12.2. The molecule has 0 radical (unpaired) electrons. The largest absolute Gasteiger partial charge is 0.444 e. The highest BCUT2D eigenvalue weighted by molar-refractivity contribution is 5.68. The second-order valence-corrected chi connectivity index (χ2v) is 7.78. The first-order valence-electron chi connectivity index (χ1n) is 8.87. The highest BCUT2D eigenvalue weighted by Crippen LogP contribution is 2.28. The van der Waals surface area contributed by atoms with Crippen LogP contribution >= 0.6 is 0 Å². The number of fused-ring (bicyclic) bond motifs is 1. The number of morpholine rings is 1. The van der Waals surface area contributed by atoms with Crippen LogP contribution in [0.4, 0.5) is 4.79 Å². The number of hydrogen-bond donors (Lipinski definition) is 0. The summed E-state index contributed by atoms with van der Waals surface area (Å²) in [5, 5.41) is 0. The van der Waals surface area contributed by atoms with Crippen LogP contribution < -0.4 is 0 Å². The molecule has 0 unspecified atom stereocenters. The molecule has 1 amide bonds. The van der Waals surface area contributed by atoms with Gasteiger partial charge in [-0.1, -0.05) is 0 Å². The van der Waals surface area contributed by atoms with Crippen LogP contribution in [-0.4, -0.2) is 79.1 Å². The Morgan fingerprint density at radius 1 is 1.09 bits per heavy atom. The van der Waals surface area contributed by atoms with Gasteiger partial charge in [-0.3, -0.25) is 4.90 Å². The van der Waals surface area contributed by atoms with Crippen LogP contribution in [0.2, 0.25) is 0 Å².